The Morgan fingerprint density at radius 1 is 0.425 bits per heavy atom. The summed E-state index contributed by atoms with van der Waals surface area (Å²) in [5.74, 6) is 1.50. The molecule has 0 aromatic heterocycles. The predicted octanol–water partition coefficient (Wildman–Crippen LogP) is 10.8. The van der Waals surface area contributed by atoms with Gasteiger partial charge in [0.15, 0.2) is 0 Å². The summed E-state index contributed by atoms with van der Waals surface area (Å²) in [6, 6.07) is 29.2. The van der Waals surface area contributed by atoms with E-state index < -0.39 is 0 Å². The van der Waals surface area contributed by atoms with Crippen molar-refractivity contribution >= 4 is 21.5 Å². The molecule has 0 spiro atoms. The Morgan fingerprint density at radius 2 is 0.875 bits per heavy atom. The largest absolute Gasteiger partial charge is 0.0616 e. The standard InChI is InChI=1S/C40H38/c1-3-13-29-25(9-1)11-7-17-31(29)39-33-15-5-6-16-34(33)40(32-18-8-12-26-10-2-4-14-30(26)32)38-24-36-28-21-19-27(20-22-28)35(36)23-37(38)39/h5-8,11-12,15-18,23-24,27-28H,1-4,9-10,13-14,19-22H2. The monoisotopic (exact) mass is 518 g/mol. The van der Waals surface area contributed by atoms with E-state index >= 15 is 0 Å². The predicted molar refractivity (Wildman–Crippen MR) is 170 cm³/mol. The molecule has 0 aliphatic heterocycles. The van der Waals surface area contributed by atoms with E-state index in [1.165, 1.54) is 121 Å². The molecular formula is C40H38. The van der Waals surface area contributed by atoms with Crippen molar-refractivity contribution in [1.29, 1.82) is 0 Å². The highest BCUT2D eigenvalue weighted by Crippen LogP contribution is 2.54. The van der Waals surface area contributed by atoms with Crippen LogP contribution >= 0.6 is 0 Å². The van der Waals surface area contributed by atoms with Gasteiger partial charge in [-0.25, -0.2) is 0 Å². The molecule has 198 valence electrons. The molecule has 1 fully saturated rings. The van der Waals surface area contributed by atoms with Gasteiger partial charge in [-0.1, -0.05) is 60.7 Å². The smallest absolute Gasteiger partial charge is 0.00234 e. The van der Waals surface area contributed by atoms with E-state index in [-0.39, 0.29) is 0 Å². The zero-order valence-corrected chi connectivity index (χ0v) is 23.6. The van der Waals surface area contributed by atoms with E-state index in [1.54, 1.807) is 33.4 Å². The van der Waals surface area contributed by atoms with Crippen LogP contribution in [0.25, 0.3) is 43.8 Å². The molecule has 0 nitrogen and oxygen atoms in total. The van der Waals surface area contributed by atoms with E-state index in [2.05, 4.69) is 72.8 Å². The van der Waals surface area contributed by atoms with Crippen LogP contribution in [0.4, 0.5) is 0 Å². The highest BCUT2D eigenvalue weighted by atomic mass is 14.4. The molecule has 5 aromatic carbocycles. The summed E-state index contributed by atoms with van der Waals surface area (Å²) < 4.78 is 0. The number of rotatable bonds is 2. The first-order chi connectivity index (χ1) is 19.8. The molecule has 0 saturated heterocycles. The Labute approximate surface area is 238 Å². The van der Waals surface area contributed by atoms with Crippen LogP contribution in [-0.4, -0.2) is 0 Å². The van der Waals surface area contributed by atoms with Crippen LogP contribution < -0.4 is 0 Å². The maximum Gasteiger partial charge on any atom is -0.00234 e. The second-order valence-electron chi connectivity index (χ2n) is 13.2. The SMILES string of the molecule is c1cc2c(c(-c3c4ccccc4c(-c4cccc5c4CCCC5)c4cc5c(cc34)C3CCC5CC3)c1)CCCC2. The molecule has 5 aromatic rings. The molecule has 2 bridgehead atoms. The van der Waals surface area contributed by atoms with Crippen LogP contribution in [0, 0.1) is 0 Å². The second kappa shape index (κ2) is 9.07. The van der Waals surface area contributed by atoms with Crippen molar-refractivity contribution in [2.24, 2.45) is 0 Å². The first kappa shape index (κ1) is 23.3. The fraction of sp³-hybridized carbons (Fsp3) is 0.350. The number of fused-ring (bicyclic) bond motifs is 6. The van der Waals surface area contributed by atoms with Gasteiger partial charge in [0.2, 0.25) is 0 Å². The Morgan fingerprint density at radius 3 is 1.35 bits per heavy atom. The van der Waals surface area contributed by atoms with Gasteiger partial charge in [0.25, 0.3) is 0 Å². The summed E-state index contributed by atoms with van der Waals surface area (Å²) in [7, 11) is 0. The van der Waals surface area contributed by atoms with Gasteiger partial charge in [-0.05, 0) is 178 Å². The Balaban J connectivity index is 1.46. The minimum Gasteiger partial charge on any atom is -0.0616 e. The van der Waals surface area contributed by atoms with Crippen molar-refractivity contribution in [3.63, 3.8) is 0 Å². The molecule has 0 amide bonds. The third-order valence-electron chi connectivity index (χ3n) is 11.2. The van der Waals surface area contributed by atoms with Crippen molar-refractivity contribution in [3.8, 4) is 22.3 Å². The molecule has 0 unspecified atom stereocenters. The molecule has 0 heterocycles. The van der Waals surface area contributed by atoms with Gasteiger partial charge in [-0.3, -0.25) is 0 Å². The minimum absolute atomic E-state index is 0.751. The molecule has 5 aliphatic rings. The minimum atomic E-state index is 0.751. The average molecular weight is 519 g/mol. The Bertz CT molecular complexity index is 1680. The fourth-order valence-corrected chi connectivity index (χ4v) is 9.29. The van der Waals surface area contributed by atoms with Gasteiger partial charge in [0, 0.05) is 0 Å². The lowest BCUT2D eigenvalue weighted by atomic mass is 9.66. The van der Waals surface area contributed by atoms with Crippen LogP contribution in [0.3, 0.4) is 0 Å². The number of hydrogen-bond donors (Lipinski definition) is 0. The molecule has 0 atom stereocenters. The normalized spacial score (nSPS) is 21.3. The zero-order chi connectivity index (χ0) is 26.2. The van der Waals surface area contributed by atoms with E-state index in [4.69, 9.17) is 0 Å². The molecule has 0 heteroatoms. The van der Waals surface area contributed by atoms with E-state index in [0.717, 1.165) is 11.8 Å². The van der Waals surface area contributed by atoms with Crippen molar-refractivity contribution in [1.82, 2.24) is 0 Å². The summed E-state index contributed by atoms with van der Waals surface area (Å²) >= 11 is 0. The van der Waals surface area contributed by atoms with Crippen LogP contribution in [0.5, 0.6) is 0 Å². The summed E-state index contributed by atoms with van der Waals surface area (Å²) in [6.07, 6.45) is 15.7. The quantitative estimate of drug-likeness (QED) is 0.204. The van der Waals surface area contributed by atoms with Crippen LogP contribution in [0.1, 0.15) is 96.6 Å². The van der Waals surface area contributed by atoms with E-state index in [1.807, 2.05) is 0 Å². The lowest BCUT2D eigenvalue weighted by Gasteiger charge is -2.39. The number of hydrogen-bond acceptors (Lipinski definition) is 0. The van der Waals surface area contributed by atoms with Crippen LogP contribution in [0.2, 0.25) is 0 Å². The Hall–Kier alpha value is -3.38. The third kappa shape index (κ3) is 3.38. The summed E-state index contributed by atoms with van der Waals surface area (Å²) in [5.41, 5.74) is 15.8. The van der Waals surface area contributed by atoms with Gasteiger partial charge in [-0.15, -0.1) is 0 Å². The lowest BCUT2D eigenvalue weighted by molar-refractivity contribution is 0.359. The van der Waals surface area contributed by atoms with E-state index in [9.17, 15) is 0 Å². The van der Waals surface area contributed by atoms with Gasteiger partial charge < -0.3 is 0 Å². The molecular weight excluding hydrogens is 480 g/mol. The van der Waals surface area contributed by atoms with Crippen molar-refractivity contribution < 1.29 is 0 Å². The average Bonchev–Trinajstić information content (AvgIpc) is 3.03. The number of aryl methyl sites for hydroxylation is 2. The maximum absolute atomic E-state index is 2.70. The molecule has 0 radical (unpaired) electrons. The lowest BCUT2D eigenvalue weighted by Crippen LogP contribution is -2.21. The fourth-order valence-electron chi connectivity index (χ4n) is 9.29. The van der Waals surface area contributed by atoms with Gasteiger partial charge in [0.1, 0.15) is 0 Å². The molecule has 0 N–H and O–H groups in total. The van der Waals surface area contributed by atoms with Gasteiger partial charge in [-0.2, -0.15) is 0 Å². The molecule has 10 rings (SSSR count). The topological polar surface area (TPSA) is 0 Å². The summed E-state index contributed by atoms with van der Waals surface area (Å²) in [4.78, 5) is 0. The molecule has 5 aliphatic carbocycles. The van der Waals surface area contributed by atoms with Crippen molar-refractivity contribution in [2.75, 3.05) is 0 Å². The first-order valence-corrected chi connectivity index (χ1v) is 16.1. The summed E-state index contributed by atoms with van der Waals surface area (Å²) in [5, 5.41) is 5.90. The van der Waals surface area contributed by atoms with Crippen LogP contribution in [-0.2, 0) is 25.7 Å². The maximum atomic E-state index is 2.70. The number of benzene rings is 5. The third-order valence-corrected chi connectivity index (χ3v) is 11.2. The van der Waals surface area contributed by atoms with Crippen molar-refractivity contribution in [3.05, 3.63) is 106 Å². The van der Waals surface area contributed by atoms with Crippen LogP contribution in [0.15, 0.2) is 72.8 Å². The molecule has 40 heavy (non-hydrogen) atoms. The zero-order valence-electron chi connectivity index (χ0n) is 23.6. The second-order valence-corrected chi connectivity index (χ2v) is 13.2. The summed E-state index contributed by atoms with van der Waals surface area (Å²) in [6.45, 7) is 0. The highest BCUT2D eigenvalue weighted by Gasteiger charge is 2.34. The molecule has 1 saturated carbocycles. The Kier molecular flexibility index (Phi) is 5.29. The van der Waals surface area contributed by atoms with Crippen molar-refractivity contribution in [2.45, 2.75) is 88.9 Å². The van der Waals surface area contributed by atoms with E-state index in [0.29, 0.717) is 0 Å². The van der Waals surface area contributed by atoms with Gasteiger partial charge in [0.05, 0.1) is 0 Å². The highest BCUT2D eigenvalue weighted by molar-refractivity contribution is 6.22. The van der Waals surface area contributed by atoms with Gasteiger partial charge >= 0.3 is 0 Å². The first-order valence-electron chi connectivity index (χ1n) is 16.1.